The van der Waals surface area contributed by atoms with Gasteiger partial charge in [0, 0.05) is 18.5 Å². The molecule has 0 bridgehead atoms. The summed E-state index contributed by atoms with van der Waals surface area (Å²) in [6, 6.07) is 47.3. The van der Waals surface area contributed by atoms with Gasteiger partial charge in [0.05, 0.1) is 12.6 Å². The van der Waals surface area contributed by atoms with Crippen LogP contribution in [0.4, 0.5) is 0 Å². The van der Waals surface area contributed by atoms with Gasteiger partial charge in [0.2, 0.25) is 5.91 Å². The van der Waals surface area contributed by atoms with Gasteiger partial charge in [0.15, 0.2) is 5.82 Å². The van der Waals surface area contributed by atoms with Crippen molar-refractivity contribution in [1.29, 1.82) is 0 Å². The van der Waals surface area contributed by atoms with Gasteiger partial charge < -0.3 is 10.0 Å². The number of rotatable bonds is 12. The van der Waals surface area contributed by atoms with Crippen LogP contribution in [-0.2, 0) is 16.9 Å². The fraction of sp³-hybridized carbons (Fsp3) is 0.200. The van der Waals surface area contributed by atoms with Crippen molar-refractivity contribution in [2.24, 2.45) is 0 Å². The summed E-state index contributed by atoms with van der Waals surface area (Å²) in [5.41, 5.74) is 6.12. The van der Waals surface area contributed by atoms with Crippen LogP contribution in [0.15, 0.2) is 140 Å². The topological polar surface area (TPSA) is 84.1 Å². The van der Waals surface area contributed by atoms with Crippen LogP contribution in [0.1, 0.15) is 48.9 Å². The molecule has 0 radical (unpaired) electrons. The summed E-state index contributed by atoms with van der Waals surface area (Å²) in [5.74, 6) is 0.684. The highest BCUT2D eigenvalue weighted by Gasteiger charge is 2.42. The van der Waals surface area contributed by atoms with E-state index in [1.807, 2.05) is 97.4 Å². The average Bonchev–Trinajstić information content (AvgIpc) is 3.62. The first-order valence-corrected chi connectivity index (χ1v) is 16.1. The van der Waals surface area contributed by atoms with Gasteiger partial charge in [-0.2, -0.15) is 0 Å². The molecule has 0 saturated heterocycles. The first-order valence-electron chi connectivity index (χ1n) is 16.1. The van der Waals surface area contributed by atoms with Crippen molar-refractivity contribution in [3.63, 3.8) is 0 Å². The molecule has 0 aliphatic heterocycles. The molecule has 1 heterocycles. The van der Waals surface area contributed by atoms with Gasteiger partial charge in [-0.25, -0.2) is 4.68 Å². The number of carbonyl (C=O) groups is 1. The van der Waals surface area contributed by atoms with Crippen LogP contribution < -0.4 is 0 Å². The molecule has 7 heteroatoms. The maximum atomic E-state index is 12.8. The Labute approximate surface area is 276 Å². The van der Waals surface area contributed by atoms with Gasteiger partial charge in [-0.1, -0.05) is 146 Å². The molecule has 6 aromatic rings. The molecule has 0 aliphatic carbocycles. The molecular formula is C40H39N5O2. The molecule has 1 N–H and O–H groups in total. The fourth-order valence-corrected chi connectivity index (χ4v) is 6.35. The van der Waals surface area contributed by atoms with E-state index < -0.39 is 5.54 Å². The summed E-state index contributed by atoms with van der Waals surface area (Å²) in [7, 11) is 0. The van der Waals surface area contributed by atoms with Crippen molar-refractivity contribution in [2.45, 2.75) is 44.8 Å². The molecular weight excluding hydrogens is 582 g/mol. The molecule has 1 amide bonds. The van der Waals surface area contributed by atoms with E-state index in [-0.39, 0.29) is 18.6 Å². The summed E-state index contributed by atoms with van der Waals surface area (Å²) >= 11 is 0. The third-order valence-corrected chi connectivity index (χ3v) is 8.73. The van der Waals surface area contributed by atoms with E-state index in [4.69, 9.17) is 5.21 Å². The molecule has 1 aromatic heterocycles. The van der Waals surface area contributed by atoms with Crippen LogP contribution in [-0.4, -0.2) is 48.8 Å². The van der Waals surface area contributed by atoms with E-state index >= 15 is 0 Å². The van der Waals surface area contributed by atoms with Gasteiger partial charge in [-0.05, 0) is 57.2 Å². The minimum Gasteiger partial charge on any atom is -0.394 e. The summed E-state index contributed by atoms with van der Waals surface area (Å²) in [4.78, 5) is 14.6. The number of nitrogens with zero attached hydrogens (tertiary/aromatic N) is 5. The van der Waals surface area contributed by atoms with Crippen molar-refractivity contribution in [2.75, 3.05) is 6.61 Å². The Morgan fingerprint density at radius 3 is 1.77 bits per heavy atom. The highest BCUT2D eigenvalue weighted by molar-refractivity contribution is 5.81. The first kappa shape index (κ1) is 31.6. The van der Waals surface area contributed by atoms with Gasteiger partial charge in [-0.3, -0.25) is 4.79 Å². The summed E-state index contributed by atoms with van der Waals surface area (Å²) < 4.78 is 1.95. The second-order valence-corrected chi connectivity index (χ2v) is 11.8. The van der Waals surface area contributed by atoms with Crippen LogP contribution in [0.25, 0.3) is 22.5 Å². The highest BCUT2D eigenvalue weighted by atomic mass is 16.3. The number of hydrogen-bond donors (Lipinski definition) is 1. The van der Waals surface area contributed by atoms with Crippen molar-refractivity contribution >= 4 is 5.91 Å². The zero-order chi connectivity index (χ0) is 32.6. The van der Waals surface area contributed by atoms with Crippen molar-refractivity contribution in [1.82, 2.24) is 25.1 Å². The van der Waals surface area contributed by atoms with E-state index in [1.165, 1.54) is 0 Å². The number of tetrazole rings is 1. The predicted octanol–water partition coefficient (Wildman–Crippen LogP) is 7.36. The standard InChI is InChI=1S/C40H39N5O2/c1-3-15-38(47)44(30(2)29-46)28-31-24-26-32(27-25-31)36-22-13-14-23-37(36)39-41-42-43-45(39)40(33-16-7-4-8-17-33,34-18-9-5-10-19-34)35-20-11-6-12-21-35/h4-14,16-27,30,46H,3,15,28-29H2,1-2H3/t30-/m0/s1. The van der Waals surface area contributed by atoms with Crippen LogP contribution in [0.5, 0.6) is 0 Å². The lowest BCUT2D eigenvalue weighted by Gasteiger charge is -2.36. The van der Waals surface area contributed by atoms with E-state index in [1.54, 1.807) is 4.90 Å². The third-order valence-electron chi connectivity index (χ3n) is 8.73. The molecule has 5 aromatic carbocycles. The predicted molar refractivity (Wildman–Crippen MR) is 185 cm³/mol. The molecule has 6 rings (SSSR count). The number of hydrogen-bond acceptors (Lipinski definition) is 5. The zero-order valence-electron chi connectivity index (χ0n) is 26.8. The van der Waals surface area contributed by atoms with Crippen molar-refractivity contribution in [3.8, 4) is 22.5 Å². The normalized spacial score (nSPS) is 12.1. The average molecular weight is 622 g/mol. The lowest BCUT2D eigenvalue weighted by molar-refractivity contribution is -0.134. The maximum absolute atomic E-state index is 12.8. The number of benzene rings is 5. The Balaban J connectivity index is 1.47. The molecule has 1 atom stereocenters. The number of aliphatic hydroxyl groups is 1. The lowest BCUT2D eigenvalue weighted by Crippen LogP contribution is -2.40. The van der Waals surface area contributed by atoms with Gasteiger partial charge in [0.25, 0.3) is 0 Å². The van der Waals surface area contributed by atoms with E-state index in [0.29, 0.717) is 18.8 Å². The molecule has 0 saturated carbocycles. The second kappa shape index (κ2) is 14.4. The van der Waals surface area contributed by atoms with Crippen LogP contribution in [0.2, 0.25) is 0 Å². The fourth-order valence-electron chi connectivity index (χ4n) is 6.35. The van der Waals surface area contributed by atoms with Gasteiger partial charge in [0.1, 0.15) is 5.54 Å². The quantitative estimate of drug-likeness (QED) is 0.144. The van der Waals surface area contributed by atoms with Crippen LogP contribution in [0, 0.1) is 0 Å². The number of aromatic nitrogens is 4. The smallest absolute Gasteiger partial charge is 0.223 e. The van der Waals surface area contributed by atoms with Gasteiger partial charge in [-0.15, -0.1) is 5.10 Å². The number of amides is 1. The SMILES string of the molecule is CCCC(=O)N(Cc1ccc(-c2ccccc2-c2nnnn2C(c2ccccc2)(c2ccccc2)c2ccccc2)cc1)[C@@H](C)CO. The van der Waals surface area contributed by atoms with E-state index in [9.17, 15) is 9.90 Å². The van der Waals surface area contributed by atoms with E-state index in [0.717, 1.165) is 45.4 Å². The minimum atomic E-state index is -0.864. The highest BCUT2D eigenvalue weighted by Crippen LogP contribution is 2.43. The van der Waals surface area contributed by atoms with Crippen molar-refractivity contribution in [3.05, 3.63) is 162 Å². The van der Waals surface area contributed by atoms with Crippen LogP contribution in [0.3, 0.4) is 0 Å². The molecule has 236 valence electrons. The summed E-state index contributed by atoms with van der Waals surface area (Å²) in [5, 5.41) is 23.5. The molecule has 0 aliphatic rings. The molecule has 47 heavy (non-hydrogen) atoms. The molecule has 0 fully saturated rings. The Kier molecular flexibility index (Phi) is 9.64. The Bertz CT molecular complexity index is 1790. The van der Waals surface area contributed by atoms with Gasteiger partial charge >= 0.3 is 0 Å². The molecule has 0 spiro atoms. The Morgan fingerprint density at radius 2 is 1.26 bits per heavy atom. The molecule has 7 nitrogen and oxygen atoms in total. The number of aliphatic hydroxyl groups excluding tert-OH is 1. The van der Waals surface area contributed by atoms with E-state index in [2.05, 4.69) is 71.0 Å². The Hall–Kier alpha value is -5.40. The summed E-state index contributed by atoms with van der Waals surface area (Å²) in [6.45, 7) is 4.23. The first-order chi connectivity index (χ1) is 23.1. The van der Waals surface area contributed by atoms with Crippen LogP contribution >= 0.6 is 0 Å². The third kappa shape index (κ3) is 6.22. The largest absolute Gasteiger partial charge is 0.394 e. The summed E-state index contributed by atoms with van der Waals surface area (Å²) in [6.07, 6.45) is 1.23. The number of carbonyl (C=O) groups excluding carboxylic acids is 1. The maximum Gasteiger partial charge on any atom is 0.223 e. The minimum absolute atomic E-state index is 0.0500. The monoisotopic (exact) mass is 621 g/mol. The zero-order valence-corrected chi connectivity index (χ0v) is 26.8. The second-order valence-electron chi connectivity index (χ2n) is 11.8. The Morgan fingerprint density at radius 1 is 0.745 bits per heavy atom. The lowest BCUT2D eigenvalue weighted by atomic mass is 9.77. The van der Waals surface area contributed by atoms with Crippen molar-refractivity contribution < 1.29 is 9.90 Å². The molecule has 0 unspecified atom stereocenters.